The Morgan fingerprint density at radius 1 is 0.938 bits per heavy atom. The Hall–Kier alpha value is -2.29. The Balaban J connectivity index is 1.84. The Kier molecular flexibility index (Phi) is 9.64. The third-order valence-corrected chi connectivity index (χ3v) is 5.25. The summed E-state index contributed by atoms with van der Waals surface area (Å²) < 4.78 is 24.5. The van der Waals surface area contributed by atoms with E-state index in [1.807, 2.05) is 67.6 Å². The van der Waals surface area contributed by atoms with E-state index in [4.69, 9.17) is 18.9 Å². The van der Waals surface area contributed by atoms with Crippen LogP contribution in [0.3, 0.4) is 0 Å². The van der Waals surface area contributed by atoms with Gasteiger partial charge in [0.2, 0.25) is 5.91 Å². The van der Waals surface area contributed by atoms with E-state index in [-0.39, 0.29) is 12.5 Å². The molecule has 7 heteroatoms. The van der Waals surface area contributed by atoms with Crippen LogP contribution in [-0.2, 0) is 37.0 Å². The number of carbonyl (C=O) groups excluding carboxylic acids is 1. The number of benzene rings is 2. The van der Waals surface area contributed by atoms with Crippen LogP contribution in [0.15, 0.2) is 60.7 Å². The normalized spacial score (nSPS) is 25.4. The molecule has 1 heterocycles. The lowest BCUT2D eigenvalue weighted by Gasteiger charge is -2.45. The molecule has 2 aromatic carbocycles. The van der Waals surface area contributed by atoms with Crippen molar-refractivity contribution in [1.29, 1.82) is 0 Å². The quantitative estimate of drug-likeness (QED) is 0.556. The van der Waals surface area contributed by atoms with Crippen LogP contribution >= 0.6 is 0 Å². The molecule has 1 saturated heterocycles. The summed E-state index contributed by atoms with van der Waals surface area (Å²) >= 11 is 0. The van der Waals surface area contributed by atoms with Crippen molar-refractivity contribution in [2.45, 2.75) is 64.1 Å². The fourth-order valence-corrected chi connectivity index (χ4v) is 3.75. The maximum atomic E-state index is 12.0. The molecule has 0 saturated carbocycles. The number of carbonyl (C=O) groups is 1. The van der Waals surface area contributed by atoms with Crippen molar-refractivity contribution in [2.24, 2.45) is 0 Å². The summed E-state index contributed by atoms with van der Waals surface area (Å²) in [6.45, 7) is 4.29. The Labute approximate surface area is 189 Å². The number of hydrogen-bond acceptors (Lipinski definition) is 6. The average molecular weight is 444 g/mol. The minimum Gasteiger partial charge on any atom is -0.394 e. The molecule has 1 amide bonds. The van der Waals surface area contributed by atoms with Gasteiger partial charge in [-0.3, -0.25) is 4.79 Å². The highest BCUT2D eigenvalue weighted by Crippen LogP contribution is 2.28. The Morgan fingerprint density at radius 3 is 2.00 bits per heavy atom. The summed E-state index contributed by atoms with van der Waals surface area (Å²) in [5.41, 5.74) is 1.99. The van der Waals surface area contributed by atoms with Gasteiger partial charge in [-0.15, -0.1) is 0 Å². The molecule has 174 valence electrons. The zero-order valence-electron chi connectivity index (χ0n) is 18.7. The summed E-state index contributed by atoms with van der Waals surface area (Å²) in [6, 6.07) is 19.0. The molecule has 2 aromatic rings. The van der Waals surface area contributed by atoms with E-state index >= 15 is 0 Å². The van der Waals surface area contributed by atoms with Gasteiger partial charge in [0.25, 0.3) is 0 Å². The van der Waals surface area contributed by atoms with Crippen molar-refractivity contribution in [2.75, 3.05) is 13.2 Å². The van der Waals surface area contributed by atoms with Crippen LogP contribution in [0.2, 0.25) is 0 Å². The Bertz CT molecular complexity index is 803. The van der Waals surface area contributed by atoms with Crippen molar-refractivity contribution in [3.05, 3.63) is 71.8 Å². The molecule has 2 N–H and O–H groups in total. The minimum atomic E-state index is -0.756. The van der Waals surface area contributed by atoms with Crippen LogP contribution in [0.5, 0.6) is 0 Å². The van der Waals surface area contributed by atoms with Gasteiger partial charge < -0.3 is 29.4 Å². The van der Waals surface area contributed by atoms with Gasteiger partial charge in [0, 0.05) is 13.5 Å². The highest BCUT2D eigenvalue weighted by Gasteiger charge is 2.48. The number of aliphatic hydroxyl groups is 1. The number of rotatable bonds is 11. The molecule has 0 unspecified atom stereocenters. The van der Waals surface area contributed by atoms with Gasteiger partial charge in [-0.05, 0) is 17.5 Å². The first-order chi connectivity index (χ1) is 15.6. The molecule has 0 spiro atoms. The topological polar surface area (TPSA) is 86.2 Å². The average Bonchev–Trinajstić information content (AvgIpc) is 2.82. The minimum absolute atomic E-state index is 0.221. The number of amides is 1. The van der Waals surface area contributed by atoms with Crippen LogP contribution in [0.25, 0.3) is 0 Å². The van der Waals surface area contributed by atoms with E-state index < -0.39 is 30.6 Å². The fraction of sp³-hybridized carbons (Fsp3) is 0.480. The van der Waals surface area contributed by atoms with Crippen molar-refractivity contribution >= 4 is 5.91 Å². The lowest BCUT2D eigenvalue weighted by Crippen LogP contribution is -2.65. The molecule has 0 aromatic heterocycles. The first kappa shape index (κ1) is 24.4. The third kappa shape index (κ3) is 6.85. The number of aliphatic hydroxyl groups excluding tert-OH is 1. The standard InChI is InChI=1S/C25H33NO6/c1-3-14-29-25-22(26-18(2)28)24(31-17-20-12-8-5-9-13-20)23(21(15-27)32-25)30-16-19-10-6-4-7-11-19/h4-13,21-25,27H,3,14-17H2,1-2H3,(H,26,28)/t21-,22-,23-,24-,25+/m1/s1. The summed E-state index contributed by atoms with van der Waals surface area (Å²) in [7, 11) is 0. The number of ether oxygens (including phenoxy) is 4. The monoisotopic (exact) mass is 443 g/mol. The number of nitrogens with one attached hydrogen (secondary N) is 1. The zero-order valence-corrected chi connectivity index (χ0v) is 18.7. The Morgan fingerprint density at radius 2 is 1.50 bits per heavy atom. The number of hydrogen-bond donors (Lipinski definition) is 2. The maximum Gasteiger partial charge on any atom is 0.217 e. The fourth-order valence-electron chi connectivity index (χ4n) is 3.75. The molecule has 5 atom stereocenters. The SMILES string of the molecule is CCCO[C@H]1O[C@H](CO)[C@@H](OCc2ccccc2)[C@H](OCc2ccccc2)[C@H]1NC(C)=O. The largest absolute Gasteiger partial charge is 0.394 e. The van der Waals surface area contributed by atoms with Crippen LogP contribution in [-0.4, -0.2) is 54.9 Å². The van der Waals surface area contributed by atoms with Gasteiger partial charge in [-0.2, -0.15) is 0 Å². The third-order valence-electron chi connectivity index (χ3n) is 5.25. The van der Waals surface area contributed by atoms with Gasteiger partial charge in [0.1, 0.15) is 24.4 Å². The highest BCUT2D eigenvalue weighted by molar-refractivity contribution is 5.73. The predicted octanol–water partition coefficient (Wildman–Crippen LogP) is 2.81. The molecule has 32 heavy (non-hydrogen) atoms. The summed E-state index contributed by atoms with van der Waals surface area (Å²) in [5, 5.41) is 13.0. The second-order valence-corrected chi connectivity index (χ2v) is 7.85. The molecule has 0 radical (unpaired) electrons. The second kappa shape index (κ2) is 12.7. The van der Waals surface area contributed by atoms with E-state index in [2.05, 4.69) is 5.32 Å². The summed E-state index contributed by atoms with van der Waals surface area (Å²) in [5.74, 6) is -0.221. The van der Waals surface area contributed by atoms with Crippen LogP contribution < -0.4 is 5.32 Å². The van der Waals surface area contributed by atoms with E-state index in [1.54, 1.807) is 0 Å². The smallest absolute Gasteiger partial charge is 0.217 e. The zero-order chi connectivity index (χ0) is 22.8. The molecule has 1 fully saturated rings. The molecule has 7 nitrogen and oxygen atoms in total. The molecule has 1 aliphatic heterocycles. The van der Waals surface area contributed by atoms with Gasteiger partial charge in [-0.25, -0.2) is 0 Å². The predicted molar refractivity (Wildman–Crippen MR) is 120 cm³/mol. The first-order valence-electron chi connectivity index (χ1n) is 11.1. The summed E-state index contributed by atoms with van der Waals surface area (Å²) in [6.07, 6.45) is -1.82. The van der Waals surface area contributed by atoms with Crippen molar-refractivity contribution in [1.82, 2.24) is 5.32 Å². The molecular weight excluding hydrogens is 410 g/mol. The van der Waals surface area contributed by atoms with E-state index in [0.717, 1.165) is 17.5 Å². The molecule has 0 aliphatic carbocycles. The van der Waals surface area contributed by atoms with Gasteiger partial charge >= 0.3 is 0 Å². The molecule has 1 aliphatic rings. The van der Waals surface area contributed by atoms with Crippen LogP contribution in [0.4, 0.5) is 0 Å². The van der Waals surface area contributed by atoms with E-state index in [1.165, 1.54) is 6.92 Å². The molecule has 3 rings (SSSR count). The van der Waals surface area contributed by atoms with Gasteiger partial charge in [0.15, 0.2) is 6.29 Å². The second-order valence-electron chi connectivity index (χ2n) is 7.85. The van der Waals surface area contributed by atoms with Crippen molar-refractivity contribution < 1.29 is 28.8 Å². The van der Waals surface area contributed by atoms with E-state index in [0.29, 0.717) is 19.8 Å². The highest BCUT2D eigenvalue weighted by atomic mass is 16.7. The lowest BCUT2D eigenvalue weighted by atomic mass is 9.96. The molecule has 0 bridgehead atoms. The lowest BCUT2D eigenvalue weighted by molar-refractivity contribution is -0.288. The van der Waals surface area contributed by atoms with Crippen LogP contribution in [0.1, 0.15) is 31.4 Å². The first-order valence-corrected chi connectivity index (χ1v) is 11.1. The molecular formula is C25H33NO6. The van der Waals surface area contributed by atoms with Crippen molar-refractivity contribution in [3.8, 4) is 0 Å². The maximum absolute atomic E-state index is 12.0. The van der Waals surface area contributed by atoms with Crippen LogP contribution in [0, 0.1) is 0 Å². The summed E-state index contributed by atoms with van der Waals surface area (Å²) in [4.78, 5) is 12.0. The van der Waals surface area contributed by atoms with Gasteiger partial charge in [-0.1, -0.05) is 67.6 Å². The van der Waals surface area contributed by atoms with E-state index in [9.17, 15) is 9.90 Å². The van der Waals surface area contributed by atoms with Crippen molar-refractivity contribution in [3.63, 3.8) is 0 Å². The van der Waals surface area contributed by atoms with Gasteiger partial charge in [0.05, 0.1) is 19.8 Å².